The van der Waals surface area contributed by atoms with E-state index in [9.17, 15) is 18.8 Å². The smallest absolute Gasteiger partial charge is 0.316 e. The number of hydrogen-bond acceptors (Lipinski definition) is 4. The van der Waals surface area contributed by atoms with Gasteiger partial charge in [-0.15, -0.1) is 11.8 Å². The molecule has 2 atom stereocenters. The summed E-state index contributed by atoms with van der Waals surface area (Å²) < 4.78 is 13.2. The Morgan fingerprint density at radius 2 is 2.20 bits per heavy atom. The van der Waals surface area contributed by atoms with Gasteiger partial charge in [0.1, 0.15) is 11.1 Å². The Morgan fingerprint density at radius 1 is 1.50 bits per heavy atom. The summed E-state index contributed by atoms with van der Waals surface area (Å²) in [4.78, 5) is 35.7. The fraction of sp³-hybridized carbons (Fsp3) is 0.308. The first-order valence-electron chi connectivity index (χ1n) is 5.91. The second-order valence-electron chi connectivity index (χ2n) is 4.36. The van der Waals surface area contributed by atoms with Crippen molar-refractivity contribution in [2.75, 3.05) is 4.90 Å². The molecule has 1 aromatic carbocycles. The third kappa shape index (κ3) is 2.82. The summed E-state index contributed by atoms with van der Waals surface area (Å²) >= 11 is 0.924. The predicted molar refractivity (Wildman–Crippen MR) is 72.0 cm³/mol. The van der Waals surface area contributed by atoms with Gasteiger partial charge >= 0.3 is 5.97 Å². The molecule has 1 saturated heterocycles. The van der Waals surface area contributed by atoms with Gasteiger partial charge in [0.2, 0.25) is 11.8 Å². The van der Waals surface area contributed by atoms with Crippen LogP contribution in [0.2, 0.25) is 0 Å². The standard InChI is InChI=1S/C13H12FNO4S/c1-7(13(18)19)20-10-6-11(16)15(12(10)17)9-4-2-3-8(14)5-9/h2-5,7,10H,6H2,1H3,(H,18,19). The SMILES string of the molecule is CC(SC1CC(=O)N(c2cccc(F)c2)C1=O)C(=O)O. The van der Waals surface area contributed by atoms with Gasteiger partial charge in [-0.05, 0) is 25.1 Å². The minimum atomic E-state index is -1.04. The molecule has 20 heavy (non-hydrogen) atoms. The van der Waals surface area contributed by atoms with Gasteiger partial charge in [-0.3, -0.25) is 14.4 Å². The molecule has 5 nitrogen and oxygen atoms in total. The maximum atomic E-state index is 13.2. The van der Waals surface area contributed by atoms with Gasteiger partial charge in [-0.25, -0.2) is 9.29 Å². The molecule has 7 heteroatoms. The number of amides is 2. The average Bonchev–Trinajstić information content (AvgIpc) is 2.64. The molecule has 0 spiro atoms. The van der Waals surface area contributed by atoms with Crippen molar-refractivity contribution >= 4 is 35.2 Å². The maximum Gasteiger partial charge on any atom is 0.316 e. The Bertz CT molecular complexity index is 577. The van der Waals surface area contributed by atoms with Crippen LogP contribution in [0.5, 0.6) is 0 Å². The summed E-state index contributed by atoms with van der Waals surface area (Å²) in [6.07, 6.45) is -0.0718. The number of imide groups is 1. The molecule has 1 aromatic rings. The molecule has 0 aliphatic carbocycles. The van der Waals surface area contributed by atoms with Crippen molar-refractivity contribution in [1.82, 2.24) is 0 Å². The molecule has 1 heterocycles. The molecular weight excluding hydrogens is 285 g/mol. The largest absolute Gasteiger partial charge is 0.480 e. The van der Waals surface area contributed by atoms with Gasteiger partial charge in [-0.2, -0.15) is 0 Å². The molecule has 106 valence electrons. The van der Waals surface area contributed by atoms with E-state index in [1.165, 1.54) is 25.1 Å². The van der Waals surface area contributed by atoms with E-state index in [2.05, 4.69) is 0 Å². The number of aliphatic carboxylic acids is 1. The Kier molecular flexibility index (Phi) is 4.08. The zero-order valence-corrected chi connectivity index (χ0v) is 11.4. The van der Waals surface area contributed by atoms with Crippen LogP contribution in [-0.4, -0.2) is 33.4 Å². The van der Waals surface area contributed by atoms with Crippen LogP contribution in [0.25, 0.3) is 0 Å². The highest BCUT2D eigenvalue weighted by atomic mass is 32.2. The lowest BCUT2D eigenvalue weighted by Gasteiger charge is -2.15. The molecule has 0 saturated carbocycles. The van der Waals surface area contributed by atoms with E-state index < -0.39 is 34.1 Å². The predicted octanol–water partition coefficient (Wildman–Crippen LogP) is 1.66. The minimum Gasteiger partial charge on any atom is -0.480 e. The monoisotopic (exact) mass is 297 g/mol. The Morgan fingerprint density at radius 3 is 2.80 bits per heavy atom. The summed E-state index contributed by atoms with van der Waals surface area (Å²) in [7, 11) is 0. The number of halogens is 1. The highest BCUT2D eigenvalue weighted by Gasteiger charge is 2.41. The first-order chi connectivity index (χ1) is 9.40. The molecule has 0 bridgehead atoms. The van der Waals surface area contributed by atoms with Gasteiger partial charge in [-0.1, -0.05) is 6.07 Å². The van der Waals surface area contributed by atoms with Crippen LogP contribution in [0.15, 0.2) is 24.3 Å². The highest BCUT2D eigenvalue weighted by Crippen LogP contribution is 2.32. The van der Waals surface area contributed by atoms with Gasteiger partial charge < -0.3 is 5.11 Å². The summed E-state index contributed by atoms with van der Waals surface area (Å²) in [6.45, 7) is 1.45. The second-order valence-corrected chi connectivity index (χ2v) is 5.90. The van der Waals surface area contributed by atoms with E-state index in [0.717, 1.165) is 22.7 Å². The van der Waals surface area contributed by atoms with Gasteiger partial charge in [0.05, 0.1) is 10.9 Å². The Labute approximate surface area is 118 Å². The molecule has 0 radical (unpaired) electrons. The third-order valence-electron chi connectivity index (χ3n) is 2.89. The van der Waals surface area contributed by atoms with E-state index >= 15 is 0 Å². The molecule has 1 N–H and O–H groups in total. The molecule has 0 aromatic heterocycles. The van der Waals surface area contributed by atoms with Crippen LogP contribution in [0.4, 0.5) is 10.1 Å². The van der Waals surface area contributed by atoms with Crippen molar-refractivity contribution in [3.8, 4) is 0 Å². The normalized spacial score (nSPS) is 20.3. The lowest BCUT2D eigenvalue weighted by atomic mass is 10.3. The number of carboxylic acids is 1. The molecular formula is C13H12FNO4S. The minimum absolute atomic E-state index is 0.0718. The molecule has 1 aliphatic heterocycles. The van der Waals surface area contributed by atoms with Gasteiger partial charge in [0.25, 0.3) is 0 Å². The highest BCUT2D eigenvalue weighted by molar-refractivity contribution is 8.01. The van der Waals surface area contributed by atoms with Crippen molar-refractivity contribution in [1.29, 1.82) is 0 Å². The zero-order chi connectivity index (χ0) is 14.9. The maximum absolute atomic E-state index is 13.2. The van der Waals surface area contributed by atoms with E-state index in [0.29, 0.717) is 0 Å². The Hall–Kier alpha value is -1.89. The number of anilines is 1. The van der Waals surface area contributed by atoms with E-state index in [1.54, 1.807) is 0 Å². The molecule has 2 amide bonds. The summed E-state index contributed by atoms with van der Waals surface area (Å²) in [5, 5.41) is 7.31. The van der Waals surface area contributed by atoms with Crippen molar-refractivity contribution in [2.24, 2.45) is 0 Å². The fourth-order valence-electron chi connectivity index (χ4n) is 1.90. The fourth-order valence-corrected chi connectivity index (χ4v) is 2.97. The quantitative estimate of drug-likeness (QED) is 0.856. The molecule has 2 unspecified atom stereocenters. The van der Waals surface area contributed by atoms with Crippen molar-refractivity contribution in [2.45, 2.75) is 23.8 Å². The second kappa shape index (κ2) is 5.62. The number of nitrogens with zero attached hydrogens (tertiary/aromatic N) is 1. The number of rotatable bonds is 4. The number of carboxylic acid groups (broad SMARTS) is 1. The van der Waals surface area contributed by atoms with Crippen LogP contribution in [0.1, 0.15) is 13.3 Å². The average molecular weight is 297 g/mol. The van der Waals surface area contributed by atoms with Crippen molar-refractivity contribution < 1.29 is 23.9 Å². The summed E-state index contributed by atoms with van der Waals surface area (Å²) in [6, 6.07) is 5.19. The number of carbonyl (C=O) groups excluding carboxylic acids is 2. The van der Waals surface area contributed by atoms with E-state index in [-0.39, 0.29) is 12.1 Å². The summed E-state index contributed by atoms with van der Waals surface area (Å²) in [5.74, 6) is -2.54. The summed E-state index contributed by atoms with van der Waals surface area (Å²) in [5.41, 5.74) is 0.172. The van der Waals surface area contributed by atoms with Crippen molar-refractivity contribution in [3.05, 3.63) is 30.1 Å². The van der Waals surface area contributed by atoms with Crippen molar-refractivity contribution in [3.63, 3.8) is 0 Å². The third-order valence-corrected chi connectivity index (χ3v) is 4.19. The lowest BCUT2D eigenvalue weighted by molar-refractivity contribution is -0.136. The molecule has 2 rings (SSSR count). The number of thioether (sulfide) groups is 1. The molecule has 1 fully saturated rings. The van der Waals surface area contributed by atoms with Crippen LogP contribution < -0.4 is 4.90 Å². The number of carbonyl (C=O) groups is 3. The lowest BCUT2D eigenvalue weighted by Crippen LogP contribution is -2.32. The molecule has 1 aliphatic rings. The van der Waals surface area contributed by atoms with E-state index in [1.807, 2.05) is 0 Å². The van der Waals surface area contributed by atoms with Crippen LogP contribution in [-0.2, 0) is 14.4 Å². The topological polar surface area (TPSA) is 74.7 Å². The van der Waals surface area contributed by atoms with Crippen LogP contribution in [0, 0.1) is 5.82 Å². The van der Waals surface area contributed by atoms with Crippen LogP contribution in [0.3, 0.4) is 0 Å². The van der Waals surface area contributed by atoms with Crippen LogP contribution >= 0.6 is 11.8 Å². The number of benzene rings is 1. The zero-order valence-electron chi connectivity index (χ0n) is 10.6. The number of hydrogen-bond donors (Lipinski definition) is 1. The Balaban J connectivity index is 2.19. The van der Waals surface area contributed by atoms with Gasteiger partial charge in [0, 0.05) is 6.42 Å². The van der Waals surface area contributed by atoms with E-state index in [4.69, 9.17) is 5.11 Å². The first kappa shape index (κ1) is 14.5. The first-order valence-corrected chi connectivity index (χ1v) is 6.85. The van der Waals surface area contributed by atoms with Gasteiger partial charge in [0.15, 0.2) is 0 Å².